The molecule has 4 N–H and O–H groups in total. The number of ether oxygens (including phenoxy) is 1. The minimum atomic E-state index is -1.20. The van der Waals surface area contributed by atoms with E-state index in [9.17, 15) is 9.59 Å². The molecule has 110 valence electrons. The fourth-order valence-electron chi connectivity index (χ4n) is 1.55. The van der Waals surface area contributed by atoms with E-state index in [1.807, 2.05) is 6.92 Å². The van der Waals surface area contributed by atoms with Crippen molar-refractivity contribution < 1.29 is 24.5 Å². The molecule has 20 heavy (non-hydrogen) atoms. The van der Waals surface area contributed by atoms with Crippen molar-refractivity contribution in [3.63, 3.8) is 0 Å². The smallest absolute Gasteiger partial charge is 0.326 e. The van der Waals surface area contributed by atoms with Crippen LogP contribution in [0.2, 0.25) is 0 Å². The zero-order chi connectivity index (χ0) is 15.0. The highest BCUT2D eigenvalue weighted by atomic mass is 16.5. The second-order valence-corrected chi connectivity index (χ2v) is 3.93. The van der Waals surface area contributed by atoms with E-state index in [1.54, 1.807) is 24.3 Å². The van der Waals surface area contributed by atoms with E-state index < -0.39 is 18.0 Å². The Morgan fingerprint density at radius 1 is 1.35 bits per heavy atom. The number of hydrogen-bond acceptors (Lipinski definition) is 4. The van der Waals surface area contributed by atoms with Gasteiger partial charge in [-0.05, 0) is 19.1 Å². The van der Waals surface area contributed by atoms with Gasteiger partial charge in [0.05, 0.1) is 12.3 Å². The van der Waals surface area contributed by atoms with Crippen LogP contribution in [0.1, 0.15) is 13.3 Å². The summed E-state index contributed by atoms with van der Waals surface area (Å²) in [6.07, 6.45) is -0.0597. The molecule has 1 atom stereocenters. The second-order valence-electron chi connectivity index (χ2n) is 3.93. The number of para-hydroxylation sites is 2. The van der Waals surface area contributed by atoms with Crippen LogP contribution < -0.4 is 15.4 Å². The Bertz CT molecular complexity index is 464. The number of carbonyl (C=O) groups is 2. The number of carbonyl (C=O) groups excluding carboxylic acids is 1. The highest BCUT2D eigenvalue weighted by Crippen LogP contribution is 2.23. The summed E-state index contributed by atoms with van der Waals surface area (Å²) in [5.74, 6) is -0.702. The summed E-state index contributed by atoms with van der Waals surface area (Å²) >= 11 is 0. The summed E-state index contributed by atoms with van der Waals surface area (Å²) in [7, 11) is 0. The van der Waals surface area contributed by atoms with Crippen molar-refractivity contribution in [3.8, 4) is 5.75 Å². The number of carboxylic acid groups (broad SMARTS) is 1. The molecule has 0 unspecified atom stereocenters. The van der Waals surface area contributed by atoms with Crippen molar-refractivity contribution in [1.82, 2.24) is 5.32 Å². The summed E-state index contributed by atoms with van der Waals surface area (Å²) < 4.78 is 5.34. The topological polar surface area (TPSA) is 108 Å². The van der Waals surface area contributed by atoms with Gasteiger partial charge >= 0.3 is 12.0 Å². The largest absolute Gasteiger partial charge is 0.492 e. The first-order chi connectivity index (χ1) is 9.58. The Morgan fingerprint density at radius 3 is 2.65 bits per heavy atom. The molecule has 0 radical (unpaired) electrons. The standard InChI is InChI=1S/C13H18N2O5/c1-2-20-11-6-4-3-5-9(11)14-13(19)15-10(7-8-16)12(17)18/h3-6,10,16H,2,7-8H2,1H3,(H,17,18)(H2,14,15,19)/t10-/m0/s1. The molecule has 0 aliphatic carbocycles. The van der Waals surface area contributed by atoms with Crippen LogP contribution in [0.4, 0.5) is 10.5 Å². The number of urea groups is 1. The van der Waals surface area contributed by atoms with Gasteiger partial charge in [-0.2, -0.15) is 0 Å². The van der Waals surface area contributed by atoms with Gasteiger partial charge in [-0.1, -0.05) is 12.1 Å². The van der Waals surface area contributed by atoms with Gasteiger partial charge in [-0.3, -0.25) is 0 Å². The summed E-state index contributed by atoms with van der Waals surface area (Å²) in [5, 5.41) is 22.4. The van der Waals surface area contributed by atoms with Gasteiger partial charge < -0.3 is 25.6 Å². The predicted octanol–water partition coefficient (Wildman–Crippen LogP) is 1.04. The second kappa shape index (κ2) is 8.00. The minimum Gasteiger partial charge on any atom is -0.492 e. The molecule has 0 spiro atoms. The zero-order valence-corrected chi connectivity index (χ0v) is 11.1. The lowest BCUT2D eigenvalue weighted by Crippen LogP contribution is -2.43. The maximum absolute atomic E-state index is 11.7. The highest BCUT2D eigenvalue weighted by molar-refractivity contribution is 5.93. The fourth-order valence-corrected chi connectivity index (χ4v) is 1.55. The van der Waals surface area contributed by atoms with Gasteiger partial charge in [-0.25, -0.2) is 9.59 Å². The Labute approximate surface area is 116 Å². The first-order valence-corrected chi connectivity index (χ1v) is 6.21. The van der Waals surface area contributed by atoms with Crippen molar-refractivity contribution in [2.75, 3.05) is 18.5 Å². The molecule has 7 heteroatoms. The number of carboxylic acids is 1. The summed E-state index contributed by atoms with van der Waals surface area (Å²) in [6, 6.07) is 5.02. The molecular formula is C13H18N2O5. The molecule has 0 aromatic heterocycles. The van der Waals surface area contributed by atoms with Crippen LogP contribution in [-0.4, -0.2) is 41.5 Å². The molecule has 0 bridgehead atoms. The Balaban J connectivity index is 2.68. The number of nitrogens with one attached hydrogen (secondary N) is 2. The number of aliphatic carboxylic acids is 1. The van der Waals surface area contributed by atoms with E-state index >= 15 is 0 Å². The van der Waals surface area contributed by atoms with Gasteiger partial charge in [0.2, 0.25) is 0 Å². The average Bonchev–Trinajstić information content (AvgIpc) is 2.40. The van der Waals surface area contributed by atoms with E-state index in [4.69, 9.17) is 14.9 Å². The highest BCUT2D eigenvalue weighted by Gasteiger charge is 2.19. The van der Waals surface area contributed by atoms with Crippen molar-refractivity contribution >= 4 is 17.7 Å². The normalized spacial score (nSPS) is 11.5. The SMILES string of the molecule is CCOc1ccccc1NC(=O)N[C@@H](CCO)C(=O)O. The molecule has 0 aliphatic heterocycles. The van der Waals surface area contributed by atoms with E-state index in [-0.39, 0.29) is 13.0 Å². The first kappa shape index (κ1) is 15.8. The maximum atomic E-state index is 11.7. The number of aliphatic hydroxyl groups is 1. The summed E-state index contributed by atoms with van der Waals surface area (Å²) in [6.45, 7) is 1.94. The minimum absolute atomic E-state index is 0.0597. The predicted molar refractivity (Wildman–Crippen MR) is 72.9 cm³/mol. The third-order valence-corrected chi connectivity index (χ3v) is 2.46. The van der Waals surface area contributed by atoms with Crippen molar-refractivity contribution in [1.29, 1.82) is 0 Å². The van der Waals surface area contributed by atoms with E-state index in [0.717, 1.165) is 0 Å². The number of benzene rings is 1. The molecular weight excluding hydrogens is 264 g/mol. The van der Waals surface area contributed by atoms with Gasteiger partial charge in [0.15, 0.2) is 0 Å². The Morgan fingerprint density at radius 2 is 2.05 bits per heavy atom. The summed E-state index contributed by atoms with van der Waals surface area (Å²) in [4.78, 5) is 22.6. The van der Waals surface area contributed by atoms with Gasteiger partial charge in [0.25, 0.3) is 0 Å². The third kappa shape index (κ3) is 4.77. The Hall–Kier alpha value is -2.28. The average molecular weight is 282 g/mol. The quantitative estimate of drug-likeness (QED) is 0.597. The monoisotopic (exact) mass is 282 g/mol. The maximum Gasteiger partial charge on any atom is 0.326 e. The van der Waals surface area contributed by atoms with Crippen molar-refractivity contribution in [3.05, 3.63) is 24.3 Å². The van der Waals surface area contributed by atoms with Gasteiger partial charge in [-0.15, -0.1) is 0 Å². The molecule has 2 amide bonds. The molecule has 0 saturated heterocycles. The van der Waals surface area contributed by atoms with Crippen LogP contribution in [0, 0.1) is 0 Å². The van der Waals surface area contributed by atoms with E-state index in [0.29, 0.717) is 18.0 Å². The molecule has 0 heterocycles. The van der Waals surface area contributed by atoms with Gasteiger partial charge in [0, 0.05) is 13.0 Å². The number of rotatable bonds is 7. The zero-order valence-electron chi connectivity index (χ0n) is 11.1. The number of aliphatic hydroxyl groups excluding tert-OH is 1. The molecule has 1 aromatic rings. The van der Waals surface area contributed by atoms with Crippen LogP contribution in [0.25, 0.3) is 0 Å². The first-order valence-electron chi connectivity index (χ1n) is 6.21. The van der Waals surface area contributed by atoms with Crippen LogP contribution in [-0.2, 0) is 4.79 Å². The lowest BCUT2D eigenvalue weighted by molar-refractivity contribution is -0.139. The van der Waals surface area contributed by atoms with Crippen LogP contribution in [0.15, 0.2) is 24.3 Å². The fraction of sp³-hybridized carbons (Fsp3) is 0.385. The Kier molecular flexibility index (Phi) is 6.31. The molecule has 7 nitrogen and oxygen atoms in total. The van der Waals surface area contributed by atoms with Crippen molar-refractivity contribution in [2.45, 2.75) is 19.4 Å². The van der Waals surface area contributed by atoms with Crippen LogP contribution in [0.5, 0.6) is 5.75 Å². The number of amides is 2. The van der Waals surface area contributed by atoms with Crippen molar-refractivity contribution in [2.24, 2.45) is 0 Å². The molecule has 1 rings (SSSR count). The molecule has 0 saturated carbocycles. The molecule has 0 aliphatic rings. The van der Waals surface area contributed by atoms with E-state index in [1.165, 1.54) is 0 Å². The van der Waals surface area contributed by atoms with Crippen LogP contribution >= 0.6 is 0 Å². The lowest BCUT2D eigenvalue weighted by atomic mass is 10.2. The van der Waals surface area contributed by atoms with Crippen LogP contribution in [0.3, 0.4) is 0 Å². The molecule has 0 fully saturated rings. The lowest BCUT2D eigenvalue weighted by Gasteiger charge is -2.15. The third-order valence-electron chi connectivity index (χ3n) is 2.46. The number of anilines is 1. The summed E-state index contributed by atoms with van der Waals surface area (Å²) in [5.41, 5.74) is 0.444. The molecule has 1 aromatic carbocycles. The van der Waals surface area contributed by atoms with E-state index in [2.05, 4.69) is 10.6 Å². The van der Waals surface area contributed by atoms with Gasteiger partial charge in [0.1, 0.15) is 11.8 Å². The number of hydrogen-bond donors (Lipinski definition) is 4.